The summed E-state index contributed by atoms with van der Waals surface area (Å²) >= 11 is 1.61. The number of nitrogens with zero attached hydrogens (tertiary/aromatic N) is 1. The van der Waals surface area contributed by atoms with E-state index in [0.29, 0.717) is 24.5 Å². The van der Waals surface area contributed by atoms with E-state index in [1.54, 1.807) is 25.6 Å². The second-order valence-electron chi connectivity index (χ2n) is 7.60. The summed E-state index contributed by atoms with van der Waals surface area (Å²) < 4.78 is 11.0. The van der Waals surface area contributed by atoms with Crippen LogP contribution in [0.5, 0.6) is 11.5 Å². The summed E-state index contributed by atoms with van der Waals surface area (Å²) in [5.41, 5.74) is 3.08. The number of fused-ring (bicyclic) bond motifs is 1. The Balaban J connectivity index is 1.54. The van der Waals surface area contributed by atoms with Gasteiger partial charge in [0.25, 0.3) is 0 Å². The summed E-state index contributed by atoms with van der Waals surface area (Å²) in [6.07, 6.45) is 0.962. The van der Waals surface area contributed by atoms with E-state index >= 15 is 0 Å². The van der Waals surface area contributed by atoms with Gasteiger partial charge in [-0.15, -0.1) is 11.3 Å². The van der Waals surface area contributed by atoms with Crippen LogP contribution in [0.1, 0.15) is 27.6 Å². The Kier molecular flexibility index (Phi) is 6.75. The van der Waals surface area contributed by atoms with Crippen LogP contribution in [-0.4, -0.2) is 44.0 Å². The van der Waals surface area contributed by atoms with E-state index in [1.807, 2.05) is 64.9 Å². The third-order valence-electron chi connectivity index (χ3n) is 5.65. The number of nitrogens with one attached hydrogen (secondary N) is 1. The normalized spacial score (nSPS) is 15.1. The van der Waals surface area contributed by atoms with Crippen molar-refractivity contribution in [2.45, 2.75) is 18.9 Å². The van der Waals surface area contributed by atoms with Crippen molar-refractivity contribution in [2.75, 3.05) is 27.3 Å². The van der Waals surface area contributed by atoms with Gasteiger partial charge in [0.15, 0.2) is 11.5 Å². The number of amides is 2. The highest BCUT2D eigenvalue weighted by molar-refractivity contribution is 7.10. The zero-order chi connectivity index (χ0) is 22.5. The number of methoxy groups -OCH3 is 2. The summed E-state index contributed by atoms with van der Waals surface area (Å²) in [6, 6.07) is 17.3. The van der Waals surface area contributed by atoms with Gasteiger partial charge in [0.1, 0.15) is 0 Å². The molecule has 0 aliphatic carbocycles. The number of ether oxygens (including phenoxy) is 2. The average Bonchev–Trinajstić information content (AvgIpc) is 3.36. The van der Waals surface area contributed by atoms with Crippen molar-refractivity contribution < 1.29 is 19.1 Å². The van der Waals surface area contributed by atoms with Gasteiger partial charge in [0.2, 0.25) is 11.8 Å². The second kappa shape index (κ2) is 9.87. The van der Waals surface area contributed by atoms with Crippen molar-refractivity contribution in [1.82, 2.24) is 10.2 Å². The molecule has 3 aromatic rings. The van der Waals surface area contributed by atoms with Crippen LogP contribution in [-0.2, 0) is 22.4 Å². The molecule has 1 aliphatic rings. The highest BCUT2D eigenvalue weighted by Gasteiger charge is 2.33. The van der Waals surface area contributed by atoms with E-state index in [2.05, 4.69) is 5.32 Å². The minimum atomic E-state index is -0.225. The molecule has 6 nitrogen and oxygen atoms in total. The molecule has 0 bridgehead atoms. The number of hydrogen-bond acceptors (Lipinski definition) is 5. The predicted molar refractivity (Wildman–Crippen MR) is 124 cm³/mol. The molecule has 1 N–H and O–H groups in total. The highest BCUT2D eigenvalue weighted by Crippen LogP contribution is 2.42. The lowest BCUT2D eigenvalue weighted by Crippen LogP contribution is -2.45. The highest BCUT2D eigenvalue weighted by atomic mass is 32.1. The van der Waals surface area contributed by atoms with E-state index in [0.717, 1.165) is 21.6 Å². The maximum Gasteiger partial charge on any atom is 0.242 e. The Morgan fingerprint density at radius 1 is 1.06 bits per heavy atom. The largest absolute Gasteiger partial charge is 0.493 e. The van der Waals surface area contributed by atoms with E-state index in [9.17, 15) is 9.59 Å². The molecule has 32 heavy (non-hydrogen) atoms. The van der Waals surface area contributed by atoms with Crippen LogP contribution in [0.2, 0.25) is 0 Å². The van der Waals surface area contributed by atoms with Crippen molar-refractivity contribution in [2.24, 2.45) is 0 Å². The topological polar surface area (TPSA) is 67.9 Å². The summed E-state index contributed by atoms with van der Waals surface area (Å²) in [5.74, 6) is 1.05. The van der Waals surface area contributed by atoms with Gasteiger partial charge >= 0.3 is 0 Å². The third kappa shape index (κ3) is 4.62. The van der Waals surface area contributed by atoms with Crippen LogP contribution in [0.25, 0.3) is 0 Å². The molecule has 0 spiro atoms. The first-order valence-corrected chi connectivity index (χ1v) is 11.4. The van der Waals surface area contributed by atoms with Crippen molar-refractivity contribution >= 4 is 23.2 Å². The molecular weight excluding hydrogens is 424 g/mol. The Morgan fingerprint density at radius 3 is 2.50 bits per heavy atom. The lowest BCUT2D eigenvalue weighted by atomic mass is 9.90. The molecule has 2 heterocycles. The number of benzene rings is 2. The van der Waals surface area contributed by atoms with Crippen LogP contribution >= 0.6 is 11.3 Å². The molecule has 1 aromatic heterocycles. The molecular formula is C25H26N2O4S. The maximum atomic E-state index is 13.2. The Bertz CT molecular complexity index is 1080. The van der Waals surface area contributed by atoms with Crippen LogP contribution in [0.4, 0.5) is 0 Å². The number of thiophene rings is 1. The van der Waals surface area contributed by atoms with Crippen molar-refractivity contribution in [3.05, 3.63) is 81.5 Å². The number of carbonyl (C=O) groups is 2. The fourth-order valence-electron chi connectivity index (χ4n) is 4.09. The molecule has 1 unspecified atom stereocenters. The molecule has 1 aliphatic heterocycles. The van der Waals surface area contributed by atoms with E-state index in [1.165, 1.54) is 0 Å². The third-order valence-corrected chi connectivity index (χ3v) is 6.58. The quantitative estimate of drug-likeness (QED) is 0.597. The summed E-state index contributed by atoms with van der Waals surface area (Å²) in [6.45, 7) is 0.536. The average molecular weight is 451 g/mol. The smallest absolute Gasteiger partial charge is 0.242 e. The summed E-state index contributed by atoms with van der Waals surface area (Å²) in [7, 11) is 3.23. The minimum absolute atomic E-state index is 0.0316. The molecule has 0 saturated heterocycles. The summed E-state index contributed by atoms with van der Waals surface area (Å²) in [5, 5.41) is 4.80. The molecule has 1 atom stereocenters. The standard InChI is InChI=1S/C25H26N2O4S/c1-30-20-14-18-10-11-27(24(29)16-26-23(28)13-17-7-4-3-5-8-17)25(22-9-6-12-32-22)19(18)15-21(20)31-2/h3-9,12,14-15,25H,10-11,13,16H2,1-2H3,(H,26,28). The molecule has 7 heteroatoms. The van der Waals surface area contributed by atoms with Gasteiger partial charge < -0.3 is 19.7 Å². The fourth-order valence-corrected chi connectivity index (χ4v) is 4.94. The van der Waals surface area contributed by atoms with Gasteiger partial charge in [-0.25, -0.2) is 0 Å². The Labute approximate surface area is 191 Å². The van der Waals surface area contributed by atoms with Gasteiger partial charge in [-0.3, -0.25) is 9.59 Å². The molecule has 166 valence electrons. The predicted octanol–water partition coefficient (Wildman–Crippen LogP) is 3.60. The number of hydrogen-bond donors (Lipinski definition) is 1. The molecule has 0 fully saturated rings. The molecule has 2 amide bonds. The van der Waals surface area contributed by atoms with Gasteiger partial charge in [0, 0.05) is 11.4 Å². The van der Waals surface area contributed by atoms with Crippen molar-refractivity contribution in [3.8, 4) is 11.5 Å². The number of rotatable bonds is 7. The van der Waals surface area contributed by atoms with Crippen LogP contribution in [0.15, 0.2) is 60.0 Å². The van der Waals surface area contributed by atoms with E-state index in [-0.39, 0.29) is 30.8 Å². The van der Waals surface area contributed by atoms with Gasteiger partial charge in [-0.05, 0) is 46.7 Å². The lowest BCUT2D eigenvalue weighted by Gasteiger charge is -2.37. The van der Waals surface area contributed by atoms with Gasteiger partial charge in [-0.1, -0.05) is 36.4 Å². The van der Waals surface area contributed by atoms with Crippen LogP contribution < -0.4 is 14.8 Å². The SMILES string of the molecule is COc1cc2c(cc1OC)C(c1cccs1)N(C(=O)CNC(=O)Cc1ccccc1)CC2. The minimum Gasteiger partial charge on any atom is -0.493 e. The van der Waals surface area contributed by atoms with Crippen molar-refractivity contribution in [1.29, 1.82) is 0 Å². The fraction of sp³-hybridized carbons (Fsp3) is 0.280. The second-order valence-corrected chi connectivity index (χ2v) is 8.58. The molecule has 0 radical (unpaired) electrons. The first-order chi connectivity index (χ1) is 15.6. The molecule has 0 saturated carbocycles. The monoisotopic (exact) mass is 450 g/mol. The Hall–Kier alpha value is -3.32. The zero-order valence-electron chi connectivity index (χ0n) is 18.2. The van der Waals surface area contributed by atoms with Crippen LogP contribution in [0, 0.1) is 0 Å². The molecule has 4 rings (SSSR count). The van der Waals surface area contributed by atoms with E-state index < -0.39 is 0 Å². The summed E-state index contributed by atoms with van der Waals surface area (Å²) in [4.78, 5) is 28.5. The maximum absolute atomic E-state index is 13.2. The molecule has 2 aromatic carbocycles. The van der Waals surface area contributed by atoms with E-state index in [4.69, 9.17) is 9.47 Å². The van der Waals surface area contributed by atoms with Gasteiger partial charge in [0.05, 0.1) is 33.2 Å². The van der Waals surface area contributed by atoms with Crippen LogP contribution in [0.3, 0.4) is 0 Å². The first kappa shape index (κ1) is 21.9. The zero-order valence-corrected chi connectivity index (χ0v) is 19.0. The first-order valence-electron chi connectivity index (χ1n) is 10.5. The van der Waals surface area contributed by atoms with Gasteiger partial charge in [-0.2, -0.15) is 0 Å². The Morgan fingerprint density at radius 2 is 1.81 bits per heavy atom. The lowest BCUT2D eigenvalue weighted by molar-refractivity contribution is -0.134. The van der Waals surface area contributed by atoms with Crippen molar-refractivity contribution in [3.63, 3.8) is 0 Å². The number of carbonyl (C=O) groups excluding carboxylic acids is 2.